The van der Waals surface area contributed by atoms with Gasteiger partial charge in [0.05, 0.1) is 9.82 Å². The van der Waals surface area contributed by atoms with E-state index < -0.39 is 27.0 Å². The Labute approximate surface area is 128 Å². The fraction of sp³-hybridized carbons (Fsp3) is 0.462. The number of carboxylic acids is 1. The van der Waals surface area contributed by atoms with E-state index in [0.717, 1.165) is 6.07 Å². The summed E-state index contributed by atoms with van der Waals surface area (Å²) in [5, 5.41) is 19.9. The van der Waals surface area contributed by atoms with Crippen LogP contribution in [0, 0.1) is 23.0 Å². The molecule has 1 aromatic rings. The third kappa shape index (κ3) is 4.50. The molecule has 0 heterocycles. The van der Waals surface area contributed by atoms with Crippen molar-refractivity contribution >= 4 is 21.7 Å². The van der Waals surface area contributed by atoms with Gasteiger partial charge in [-0.1, -0.05) is 19.9 Å². The van der Waals surface area contributed by atoms with Gasteiger partial charge in [-0.3, -0.25) is 14.9 Å². The Morgan fingerprint density at radius 3 is 2.45 bits per heavy atom. The van der Waals surface area contributed by atoms with Gasteiger partial charge < -0.3 is 5.11 Å². The third-order valence-corrected chi connectivity index (χ3v) is 4.59. The molecule has 9 heteroatoms. The van der Waals surface area contributed by atoms with Gasteiger partial charge in [-0.2, -0.15) is 4.72 Å². The van der Waals surface area contributed by atoms with Crippen LogP contribution < -0.4 is 4.72 Å². The number of nitro groups is 1. The molecule has 0 bridgehead atoms. The second-order valence-electron chi connectivity index (χ2n) is 5.35. The average molecular weight is 330 g/mol. The molecule has 0 spiro atoms. The minimum absolute atomic E-state index is 0.0324. The molecule has 0 radical (unpaired) electrons. The number of carbonyl (C=O) groups is 1. The van der Waals surface area contributed by atoms with Gasteiger partial charge >= 0.3 is 5.97 Å². The summed E-state index contributed by atoms with van der Waals surface area (Å²) in [6, 6.07) is 2.14. The zero-order valence-electron chi connectivity index (χ0n) is 12.4. The summed E-state index contributed by atoms with van der Waals surface area (Å²) < 4.78 is 26.8. The largest absolute Gasteiger partial charge is 0.480 e. The highest BCUT2D eigenvalue weighted by molar-refractivity contribution is 7.89. The monoisotopic (exact) mass is 330 g/mol. The number of non-ortho nitro benzene ring substituents is 1. The molecule has 1 rings (SSSR count). The molecule has 0 saturated carbocycles. The van der Waals surface area contributed by atoms with Crippen LogP contribution in [0.2, 0.25) is 0 Å². The summed E-state index contributed by atoms with van der Waals surface area (Å²) >= 11 is 0. The van der Waals surface area contributed by atoms with Crippen LogP contribution in [0.4, 0.5) is 5.69 Å². The maximum atomic E-state index is 12.3. The Kier molecular flexibility index (Phi) is 5.61. The maximum absolute atomic E-state index is 12.3. The third-order valence-electron chi connectivity index (χ3n) is 2.97. The fourth-order valence-corrected chi connectivity index (χ4v) is 3.38. The van der Waals surface area contributed by atoms with Crippen LogP contribution in [0.1, 0.15) is 25.8 Å². The van der Waals surface area contributed by atoms with Crippen LogP contribution in [0.25, 0.3) is 0 Å². The highest BCUT2D eigenvalue weighted by Gasteiger charge is 2.28. The molecule has 1 aromatic carbocycles. The van der Waals surface area contributed by atoms with E-state index >= 15 is 0 Å². The van der Waals surface area contributed by atoms with E-state index in [-0.39, 0.29) is 22.9 Å². The van der Waals surface area contributed by atoms with Crippen molar-refractivity contribution in [1.82, 2.24) is 4.72 Å². The molecular formula is C13H18N2O6S. The minimum atomic E-state index is -4.17. The van der Waals surface area contributed by atoms with Crippen molar-refractivity contribution in [3.05, 3.63) is 33.9 Å². The minimum Gasteiger partial charge on any atom is -0.480 e. The quantitative estimate of drug-likeness (QED) is 0.578. The van der Waals surface area contributed by atoms with E-state index in [4.69, 9.17) is 5.11 Å². The first kappa shape index (κ1) is 18.1. The van der Waals surface area contributed by atoms with Crippen molar-refractivity contribution in [2.24, 2.45) is 5.92 Å². The number of benzene rings is 1. The number of hydrogen-bond donors (Lipinski definition) is 2. The van der Waals surface area contributed by atoms with Crippen molar-refractivity contribution in [3.8, 4) is 0 Å². The average Bonchev–Trinajstić information content (AvgIpc) is 2.36. The van der Waals surface area contributed by atoms with Gasteiger partial charge in [0.25, 0.3) is 5.69 Å². The lowest BCUT2D eigenvalue weighted by molar-refractivity contribution is -0.385. The molecule has 0 amide bonds. The number of aliphatic carboxylic acids is 1. The molecule has 0 aliphatic carbocycles. The van der Waals surface area contributed by atoms with Gasteiger partial charge in [0, 0.05) is 12.1 Å². The molecule has 22 heavy (non-hydrogen) atoms. The van der Waals surface area contributed by atoms with E-state index in [1.54, 1.807) is 13.8 Å². The van der Waals surface area contributed by atoms with Crippen LogP contribution in [0.3, 0.4) is 0 Å². The van der Waals surface area contributed by atoms with Crippen molar-refractivity contribution in [1.29, 1.82) is 0 Å². The van der Waals surface area contributed by atoms with E-state index in [0.29, 0.717) is 5.56 Å². The molecule has 0 aromatic heterocycles. The number of nitrogens with one attached hydrogen (secondary N) is 1. The smallest absolute Gasteiger partial charge is 0.321 e. The van der Waals surface area contributed by atoms with Crippen LogP contribution in [-0.4, -0.2) is 30.5 Å². The van der Waals surface area contributed by atoms with E-state index in [2.05, 4.69) is 4.72 Å². The highest BCUT2D eigenvalue weighted by Crippen LogP contribution is 2.22. The summed E-state index contributed by atoms with van der Waals surface area (Å²) in [5.74, 6) is -1.32. The lowest BCUT2D eigenvalue weighted by Gasteiger charge is -2.17. The Morgan fingerprint density at radius 2 is 2.00 bits per heavy atom. The van der Waals surface area contributed by atoms with Crippen molar-refractivity contribution in [2.45, 2.75) is 38.1 Å². The Bertz CT molecular complexity index is 684. The number of carboxylic acid groups (broad SMARTS) is 1. The number of hydrogen-bond acceptors (Lipinski definition) is 5. The van der Waals surface area contributed by atoms with Gasteiger partial charge in [-0.15, -0.1) is 0 Å². The first-order valence-electron chi connectivity index (χ1n) is 6.54. The summed E-state index contributed by atoms with van der Waals surface area (Å²) in [4.78, 5) is 20.9. The topological polar surface area (TPSA) is 127 Å². The predicted molar refractivity (Wildman–Crippen MR) is 79.0 cm³/mol. The lowest BCUT2D eigenvalue weighted by Crippen LogP contribution is -2.41. The van der Waals surface area contributed by atoms with Gasteiger partial charge in [0.15, 0.2) is 0 Å². The predicted octanol–water partition coefficient (Wildman–Crippen LogP) is 1.68. The SMILES string of the molecule is Cc1ccc([N+](=O)[O-])cc1S(=O)(=O)N[C@H](CC(C)C)C(=O)O. The first-order chi connectivity index (χ1) is 10.0. The summed E-state index contributed by atoms with van der Waals surface area (Å²) in [5.41, 5.74) is -0.0755. The van der Waals surface area contributed by atoms with E-state index in [9.17, 15) is 23.3 Å². The molecule has 0 fully saturated rings. The highest BCUT2D eigenvalue weighted by atomic mass is 32.2. The second kappa shape index (κ2) is 6.84. The zero-order chi connectivity index (χ0) is 17.1. The molecule has 0 saturated heterocycles. The summed E-state index contributed by atoms with van der Waals surface area (Å²) in [6.45, 7) is 5.02. The zero-order valence-corrected chi connectivity index (χ0v) is 13.3. The van der Waals surface area contributed by atoms with Crippen molar-refractivity contribution in [2.75, 3.05) is 0 Å². The Morgan fingerprint density at radius 1 is 1.41 bits per heavy atom. The molecule has 2 N–H and O–H groups in total. The normalized spacial score (nSPS) is 13.1. The standard InChI is InChI=1S/C13H18N2O6S/c1-8(2)6-11(13(16)17)14-22(20,21)12-7-10(15(18)19)5-4-9(12)3/h4-5,7-8,11,14H,6H2,1-3H3,(H,16,17)/t11-/m1/s1. The number of nitro benzene ring substituents is 1. The van der Waals surface area contributed by atoms with Gasteiger partial charge in [0.2, 0.25) is 10.0 Å². The molecule has 0 aliphatic rings. The number of sulfonamides is 1. The van der Waals surface area contributed by atoms with Crippen LogP contribution in [-0.2, 0) is 14.8 Å². The molecule has 0 aliphatic heterocycles. The Balaban J connectivity index is 3.20. The van der Waals surface area contributed by atoms with Crippen LogP contribution in [0.5, 0.6) is 0 Å². The molecule has 8 nitrogen and oxygen atoms in total. The number of aryl methyl sites for hydroxylation is 1. The molecule has 1 atom stereocenters. The Hall–Kier alpha value is -2.00. The van der Waals surface area contributed by atoms with Crippen molar-refractivity contribution in [3.63, 3.8) is 0 Å². The van der Waals surface area contributed by atoms with Crippen LogP contribution in [0.15, 0.2) is 23.1 Å². The van der Waals surface area contributed by atoms with E-state index in [1.807, 2.05) is 0 Å². The summed E-state index contributed by atoms with van der Waals surface area (Å²) in [7, 11) is -4.17. The van der Waals surface area contributed by atoms with E-state index in [1.165, 1.54) is 19.1 Å². The first-order valence-corrected chi connectivity index (χ1v) is 8.03. The second-order valence-corrected chi connectivity index (χ2v) is 7.03. The summed E-state index contributed by atoms with van der Waals surface area (Å²) in [6.07, 6.45) is 0.114. The van der Waals surface area contributed by atoms with Crippen molar-refractivity contribution < 1.29 is 23.2 Å². The van der Waals surface area contributed by atoms with Gasteiger partial charge in [-0.05, 0) is 24.8 Å². The van der Waals surface area contributed by atoms with Crippen LogP contribution >= 0.6 is 0 Å². The number of rotatable bonds is 7. The molecular weight excluding hydrogens is 312 g/mol. The van der Waals surface area contributed by atoms with Gasteiger partial charge in [-0.25, -0.2) is 8.42 Å². The maximum Gasteiger partial charge on any atom is 0.321 e. The molecule has 0 unspecified atom stereocenters. The molecule has 122 valence electrons. The van der Waals surface area contributed by atoms with Gasteiger partial charge in [0.1, 0.15) is 6.04 Å². The fourth-order valence-electron chi connectivity index (χ4n) is 1.91. The lowest BCUT2D eigenvalue weighted by atomic mass is 10.1. The number of nitrogens with zero attached hydrogens (tertiary/aromatic N) is 1.